The molecule has 0 radical (unpaired) electrons. The van der Waals surface area contributed by atoms with Crippen molar-refractivity contribution in [3.8, 4) is 0 Å². The predicted molar refractivity (Wildman–Crippen MR) is 78.1 cm³/mol. The number of carboxylic acid groups (broad SMARTS) is 2. The summed E-state index contributed by atoms with van der Waals surface area (Å²) in [7, 11) is 0. The molecule has 0 rings (SSSR count). The summed E-state index contributed by atoms with van der Waals surface area (Å²) >= 11 is 0. The van der Waals surface area contributed by atoms with E-state index in [0.29, 0.717) is 6.61 Å². The van der Waals surface area contributed by atoms with Gasteiger partial charge in [-0.25, -0.2) is 9.59 Å². The molecule has 120 valence electrons. The fraction of sp³-hybridized carbons (Fsp3) is 0.600. The minimum atomic E-state index is -1.75. The number of carbonyl (C=O) groups is 2. The molecule has 0 saturated carbocycles. The van der Waals surface area contributed by atoms with Crippen LogP contribution in [-0.4, -0.2) is 46.1 Å². The molecule has 0 aliphatic heterocycles. The highest BCUT2D eigenvalue weighted by atomic mass is 16.5. The van der Waals surface area contributed by atoms with Gasteiger partial charge in [-0.2, -0.15) is 0 Å². The van der Waals surface area contributed by atoms with Crippen LogP contribution in [0.4, 0.5) is 0 Å². The van der Waals surface area contributed by atoms with E-state index in [1.807, 2.05) is 6.92 Å². The summed E-state index contributed by atoms with van der Waals surface area (Å²) in [6, 6.07) is 0. The normalized spacial score (nSPS) is 15.6. The molecule has 0 fully saturated rings. The van der Waals surface area contributed by atoms with Crippen LogP contribution in [0.5, 0.6) is 0 Å². The zero-order valence-corrected chi connectivity index (χ0v) is 12.8. The lowest BCUT2D eigenvalue weighted by Gasteiger charge is -2.22. The van der Waals surface area contributed by atoms with Gasteiger partial charge in [-0.15, -0.1) is 0 Å². The first kappa shape index (κ1) is 19.3. The van der Waals surface area contributed by atoms with Gasteiger partial charge in [0.2, 0.25) is 0 Å². The lowest BCUT2D eigenvalue weighted by atomic mass is 9.98. The number of ether oxygens (including phenoxy) is 1. The van der Waals surface area contributed by atoms with Gasteiger partial charge < -0.3 is 20.1 Å². The molecule has 0 heterocycles. The first-order valence-electron chi connectivity index (χ1n) is 6.87. The highest BCUT2D eigenvalue weighted by Gasteiger charge is 2.25. The standard InChI is InChI=1S/C15H24O6/c1-4-5-6-7-21-10-15(20,8-11(2)13(16)17)9-12(3)14(18)19/h8-9,20H,4-7,10H2,1-3H3,(H,16,17)(H,18,19). The molecule has 0 amide bonds. The van der Waals surface area contributed by atoms with Crippen molar-refractivity contribution in [2.75, 3.05) is 13.2 Å². The van der Waals surface area contributed by atoms with Crippen molar-refractivity contribution in [3.05, 3.63) is 23.3 Å². The third-order valence-corrected chi connectivity index (χ3v) is 2.83. The van der Waals surface area contributed by atoms with E-state index in [4.69, 9.17) is 14.9 Å². The minimum Gasteiger partial charge on any atom is -0.478 e. The maximum absolute atomic E-state index is 10.9. The average molecular weight is 300 g/mol. The van der Waals surface area contributed by atoms with Crippen LogP contribution in [-0.2, 0) is 14.3 Å². The second-order valence-corrected chi connectivity index (χ2v) is 5.02. The summed E-state index contributed by atoms with van der Waals surface area (Å²) in [5.74, 6) is -2.36. The molecule has 0 aromatic heterocycles. The summed E-state index contributed by atoms with van der Waals surface area (Å²) < 4.78 is 5.34. The molecular formula is C15H24O6. The van der Waals surface area contributed by atoms with Crippen LogP contribution in [0, 0.1) is 0 Å². The smallest absolute Gasteiger partial charge is 0.331 e. The molecule has 0 spiro atoms. The molecule has 0 aliphatic carbocycles. The molecule has 21 heavy (non-hydrogen) atoms. The van der Waals surface area contributed by atoms with Crippen molar-refractivity contribution in [1.29, 1.82) is 0 Å². The Morgan fingerprint density at radius 3 is 1.90 bits per heavy atom. The first-order valence-corrected chi connectivity index (χ1v) is 6.87. The number of aliphatic hydroxyl groups is 1. The summed E-state index contributed by atoms with van der Waals surface area (Å²) in [6.07, 6.45) is 5.05. The summed E-state index contributed by atoms with van der Waals surface area (Å²) in [5, 5.41) is 28.1. The predicted octanol–water partition coefficient (Wildman–Crippen LogP) is 1.99. The molecule has 0 aromatic carbocycles. The van der Waals surface area contributed by atoms with E-state index in [9.17, 15) is 14.7 Å². The van der Waals surface area contributed by atoms with Gasteiger partial charge >= 0.3 is 11.9 Å². The van der Waals surface area contributed by atoms with E-state index < -0.39 is 17.5 Å². The van der Waals surface area contributed by atoms with Gasteiger partial charge in [0.1, 0.15) is 5.60 Å². The van der Waals surface area contributed by atoms with Crippen molar-refractivity contribution in [1.82, 2.24) is 0 Å². The van der Waals surface area contributed by atoms with E-state index in [1.54, 1.807) is 0 Å². The van der Waals surface area contributed by atoms with Crippen molar-refractivity contribution in [3.63, 3.8) is 0 Å². The Hall–Kier alpha value is -1.66. The van der Waals surface area contributed by atoms with Crippen LogP contribution in [0.3, 0.4) is 0 Å². The van der Waals surface area contributed by atoms with Gasteiger partial charge in [0, 0.05) is 17.8 Å². The largest absolute Gasteiger partial charge is 0.478 e. The summed E-state index contributed by atoms with van der Waals surface area (Å²) in [5.41, 5.74) is -1.91. The molecule has 3 N–H and O–H groups in total. The first-order chi connectivity index (χ1) is 9.72. The topological polar surface area (TPSA) is 104 Å². The average Bonchev–Trinajstić information content (AvgIpc) is 2.37. The second kappa shape index (κ2) is 9.31. The molecule has 0 aliphatic rings. The zero-order chi connectivity index (χ0) is 16.5. The van der Waals surface area contributed by atoms with E-state index in [-0.39, 0.29) is 17.8 Å². The van der Waals surface area contributed by atoms with Crippen LogP contribution >= 0.6 is 0 Å². The minimum absolute atomic E-state index is 0.0795. The molecule has 0 bridgehead atoms. The van der Waals surface area contributed by atoms with Gasteiger partial charge in [0.05, 0.1) is 6.61 Å². The quantitative estimate of drug-likeness (QED) is 0.421. The van der Waals surface area contributed by atoms with Crippen LogP contribution in [0.1, 0.15) is 40.0 Å². The van der Waals surface area contributed by atoms with Gasteiger partial charge in [-0.05, 0) is 32.4 Å². The van der Waals surface area contributed by atoms with Crippen LogP contribution in [0.25, 0.3) is 0 Å². The number of hydrogen-bond acceptors (Lipinski definition) is 4. The monoisotopic (exact) mass is 300 g/mol. The van der Waals surface area contributed by atoms with E-state index in [2.05, 4.69) is 0 Å². The Balaban J connectivity index is 5.01. The van der Waals surface area contributed by atoms with Crippen molar-refractivity contribution in [2.24, 2.45) is 0 Å². The molecule has 6 nitrogen and oxygen atoms in total. The van der Waals surface area contributed by atoms with Crippen molar-refractivity contribution in [2.45, 2.75) is 45.6 Å². The third kappa shape index (κ3) is 8.27. The maximum atomic E-state index is 10.9. The number of unbranched alkanes of at least 4 members (excludes halogenated alkanes) is 2. The number of carboxylic acids is 2. The van der Waals surface area contributed by atoms with Crippen LogP contribution < -0.4 is 0 Å². The Morgan fingerprint density at radius 2 is 1.52 bits per heavy atom. The van der Waals surface area contributed by atoms with Gasteiger partial charge in [-0.3, -0.25) is 0 Å². The number of rotatable bonds is 10. The van der Waals surface area contributed by atoms with E-state index in [0.717, 1.165) is 31.4 Å². The fourth-order valence-electron chi connectivity index (χ4n) is 1.69. The second-order valence-electron chi connectivity index (χ2n) is 5.02. The SMILES string of the molecule is CCCCCOCC(O)(C=C(C)C(=O)O)C=C(C)C(=O)O. The van der Waals surface area contributed by atoms with Gasteiger partial charge in [0.15, 0.2) is 0 Å². The van der Waals surface area contributed by atoms with Gasteiger partial charge in [-0.1, -0.05) is 19.8 Å². The molecule has 0 unspecified atom stereocenters. The van der Waals surface area contributed by atoms with Crippen LogP contribution in [0.2, 0.25) is 0 Å². The zero-order valence-electron chi connectivity index (χ0n) is 12.8. The molecule has 6 heteroatoms. The highest BCUT2D eigenvalue weighted by molar-refractivity contribution is 5.87. The maximum Gasteiger partial charge on any atom is 0.331 e. The number of hydrogen-bond donors (Lipinski definition) is 3. The Kier molecular flexibility index (Phi) is 8.57. The van der Waals surface area contributed by atoms with Crippen LogP contribution in [0.15, 0.2) is 23.3 Å². The summed E-state index contributed by atoms with van der Waals surface area (Å²) in [6.45, 7) is 4.94. The van der Waals surface area contributed by atoms with E-state index >= 15 is 0 Å². The van der Waals surface area contributed by atoms with Crippen molar-refractivity contribution >= 4 is 11.9 Å². The molecular weight excluding hydrogens is 276 g/mol. The molecule has 0 saturated heterocycles. The molecule has 0 atom stereocenters. The highest BCUT2D eigenvalue weighted by Crippen LogP contribution is 2.16. The van der Waals surface area contributed by atoms with Gasteiger partial charge in [0.25, 0.3) is 0 Å². The fourth-order valence-corrected chi connectivity index (χ4v) is 1.69. The molecule has 0 aromatic rings. The van der Waals surface area contributed by atoms with E-state index in [1.165, 1.54) is 13.8 Å². The third-order valence-electron chi connectivity index (χ3n) is 2.83. The Morgan fingerprint density at radius 1 is 1.05 bits per heavy atom. The lowest BCUT2D eigenvalue weighted by molar-refractivity contribution is -0.133. The Bertz CT molecular complexity index is 392. The lowest BCUT2D eigenvalue weighted by Crippen LogP contribution is -2.32. The number of aliphatic carboxylic acids is 2. The summed E-state index contributed by atoms with van der Waals surface area (Å²) in [4.78, 5) is 21.7. The Labute approximate surface area is 124 Å². The van der Waals surface area contributed by atoms with Crippen molar-refractivity contribution < 1.29 is 29.6 Å².